The third-order valence-corrected chi connectivity index (χ3v) is 3.47. The van der Waals surface area contributed by atoms with Gasteiger partial charge >= 0.3 is 0 Å². The fraction of sp³-hybridized carbons (Fsp3) is 0.211. The molecule has 0 bridgehead atoms. The van der Waals surface area contributed by atoms with Gasteiger partial charge in [-0.3, -0.25) is 25.2 Å². The highest BCUT2D eigenvalue weighted by Crippen LogP contribution is 2.12. The van der Waals surface area contributed by atoms with Crippen LogP contribution in [0, 0.1) is 0 Å². The number of nitrogens with one attached hydrogen (secondary N) is 3. The Balaban J connectivity index is 1.89. The molecule has 7 nitrogen and oxygen atoms in total. The van der Waals surface area contributed by atoms with E-state index in [0.29, 0.717) is 35.6 Å². The van der Waals surface area contributed by atoms with Gasteiger partial charge in [-0.25, -0.2) is 0 Å². The molecule has 0 unspecified atom stereocenters. The Morgan fingerprint density at radius 1 is 0.808 bits per heavy atom. The molecule has 136 valence electrons. The summed E-state index contributed by atoms with van der Waals surface area (Å²) in [6, 6.07) is 12.9. The third-order valence-electron chi connectivity index (χ3n) is 3.47. The number of rotatable bonds is 6. The molecule has 0 aliphatic heterocycles. The van der Waals surface area contributed by atoms with E-state index in [-0.39, 0.29) is 5.91 Å². The van der Waals surface area contributed by atoms with Crippen molar-refractivity contribution in [1.82, 2.24) is 10.9 Å². The standard InChI is InChI=1S/C19H21N3O4/c1-3-17(23)20-15-9-5-13(6-10-15)18(24)21-22-19(25)14-7-11-16(12-8-14)26-4-2/h5-12H,3-4H2,1-2H3,(H,20,23)(H,21,24)(H,22,25). The molecule has 0 aliphatic rings. The molecule has 2 aromatic carbocycles. The quantitative estimate of drug-likeness (QED) is 0.694. The summed E-state index contributed by atoms with van der Waals surface area (Å²) in [5, 5.41) is 2.69. The van der Waals surface area contributed by atoms with Crippen molar-refractivity contribution < 1.29 is 19.1 Å². The molecule has 26 heavy (non-hydrogen) atoms. The second-order valence-corrected chi connectivity index (χ2v) is 5.34. The molecule has 0 fully saturated rings. The number of carbonyl (C=O) groups is 3. The van der Waals surface area contributed by atoms with E-state index in [1.807, 2.05) is 6.92 Å². The number of hydrazine groups is 1. The zero-order chi connectivity index (χ0) is 18.9. The van der Waals surface area contributed by atoms with E-state index in [9.17, 15) is 14.4 Å². The monoisotopic (exact) mass is 355 g/mol. The Morgan fingerprint density at radius 3 is 1.77 bits per heavy atom. The van der Waals surface area contributed by atoms with Gasteiger partial charge in [0.1, 0.15) is 5.75 Å². The molecule has 0 aromatic heterocycles. The third kappa shape index (κ3) is 5.34. The molecule has 0 aliphatic carbocycles. The summed E-state index contributed by atoms with van der Waals surface area (Å²) in [5.41, 5.74) is 6.06. The number of hydrogen-bond acceptors (Lipinski definition) is 4. The van der Waals surface area contributed by atoms with Crippen molar-refractivity contribution in [2.45, 2.75) is 20.3 Å². The van der Waals surface area contributed by atoms with E-state index >= 15 is 0 Å². The lowest BCUT2D eigenvalue weighted by atomic mass is 10.2. The number of amides is 3. The van der Waals surface area contributed by atoms with Crippen LogP contribution in [0.4, 0.5) is 5.69 Å². The number of ether oxygens (including phenoxy) is 1. The summed E-state index contributed by atoms with van der Waals surface area (Å²) in [7, 11) is 0. The lowest BCUT2D eigenvalue weighted by molar-refractivity contribution is -0.115. The molecule has 2 rings (SSSR count). The topological polar surface area (TPSA) is 96.5 Å². The van der Waals surface area contributed by atoms with Gasteiger partial charge in [-0.2, -0.15) is 0 Å². The highest BCUT2D eigenvalue weighted by atomic mass is 16.5. The average Bonchev–Trinajstić information content (AvgIpc) is 2.67. The summed E-state index contributed by atoms with van der Waals surface area (Å²) in [5.74, 6) is -0.334. The van der Waals surface area contributed by atoms with Gasteiger partial charge in [-0.15, -0.1) is 0 Å². The van der Waals surface area contributed by atoms with Crippen molar-refractivity contribution >= 4 is 23.4 Å². The van der Waals surface area contributed by atoms with Crippen LogP contribution in [0.5, 0.6) is 5.75 Å². The first-order chi connectivity index (χ1) is 12.5. The Kier molecular flexibility index (Phi) is 6.73. The molecule has 7 heteroatoms. The van der Waals surface area contributed by atoms with Crippen LogP contribution in [0.1, 0.15) is 41.0 Å². The van der Waals surface area contributed by atoms with Crippen LogP contribution >= 0.6 is 0 Å². The van der Waals surface area contributed by atoms with E-state index in [1.54, 1.807) is 55.5 Å². The predicted octanol–water partition coefficient (Wildman–Crippen LogP) is 2.51. The zero-order valence-electron chi connectivity index (χ0n) is 14.7. The first-order valence-electron chi connectivity index (χ1n) is 8.27. The second-order valence-electron chi connectivity index (χ2n) is 5.34. The van der Waals surface area contributed by atoms with Crippen LogP contribution in [0.3, 0.4) is 0 Å². The summed E-state index contributed by atoms with van der Waals surface area (Å²) in [6.07, 6.45) is 0.375. The van der Waals surface area contributed by atoms with Gasteiger partial charge in [0.25, 0.3) is 11.8 Å². The largest absolute Gasteiger partial charge is 0.494 e. The molecule has 0 saturated heterocycles. The SMILES string of the molecule is CCOc1ccc(C(=O)NNC(=O)c2ccc(NC(=O)CC)cc2)cc1. The molecule has 0 atom stereocenters. The Labute approximate surface area is 151 Å². The van der Waals surface area contributed by atoms with Crippen LogP contribution < -0.4 is 20.9 Å². The van der Waals surface area contributed by atoms with Crippen LogP contribution in [-0.2, 0) is 4.79 Å². The summed E-state index contributed by atoms with van der Waals surface area (Å²) < 4.78 is 5.31. The number of carbonyl (C=O) groups excluding carboxylic acids is 3. The van der Waals surface area contributed by atoms with Crippen LogP contribution in [0.25, 0.3) is 0 Å². The normalized spacial score (nSPS) is 9.92. The fourth-order valence-electron chi connectivity index (χ4n) is 2.08. The summed E-state index contributed by atoms with van der Waals surface area (Å²) in [6.45, 7) is 4.17. The van der Waals surface area contributed by atoms with E-state index < -0.39 is 11.8 Å². The number of benzene rings is 2. The minimum absolute atomic E-state index is 0.107. The summed E-state index contributed by atoms with van der Waals surface area (Å²) >= 11 is 0. The first-order valence-corrected chi connectivity index (χ1v) is 8.27. The van der Waals surface area contributed by atoms with E-state index in [1.165, 1.54) is 0 Å². The highest BCUT2D eigenvalue weighted by Gasteiger charge is 2.09. The maximum Gasteiger partial charge on any atom is 0.269 e. The summed E-state index contributed by atoms with van der Waals surface area (Å²) in [4.78, 5) is 35.4. The Bertz CT molecular complexity index is 770. The van der Waals surface area contributed by atoms with Gasteiger partial charge in [-0.05, 0) is 55.5 Å². The van der Waals surface area contributed by atoms with E-state index in [2.05, 4.69) is 16.2 Å². The van der Waals surface area contributed by atoms with Crippen molar-refractivity contribution in [2.24, 2.45) is 0 Å². The van der Waals surface area contributed by atoms with Crippen molar-refractivity contribution in [3.8, 4) is 5.75 Å². The van der Waals surface area contributed by atoms with Crippen molar-refractivity contribution in [1.29, 1.82) is 0 Å². The van der Waals surface area contributed by atoms with Gasteiger partial charge in [-0.1, -0.05) is 6.92 Å². The molecule has 0 spiro atoms. The highest BCUT2D eigenvalue weighted by molar-refractivity contribution is 5.99. The molecule has 3 amide bonds. The maximum atomic E-state index is 12.1. The second kappa shape index (κ2) is 9.22. The van der Waals surface area contributed by atoms with E-state index in [0.717, 1.165) is 0 Å². The van der Waals surface area contributed by atoms with Crippen molar-refractivity contribution in [3.05, 3.63) is 59.7 Å². The molecular formula is C19H21N3O4. The minimum atomic E-state index is -0.461. The maximum absolute atomic E-state index is 12.1. The molecular weight excluding hydrogens is 334 g/mol. The zero-order valence-corrected chi connectivity index (χ0v) is 14.7. The van der Waals surface area contributed by atoms with Crippen molar-refractivity contribution in [2.75, 3.05) is 11.9 Å². The molecule has 0 saturated carbocycles. The predicted molar refractivity (Wildman–Crippen MR) is 97.9 cm³/mol. The van der Waals surface area contributed by atoms with Gasteiger partial charge in [0.2, 0.25) is 5.91 Å². The lowest BCUT2D eigenvalue weighted by Gasteiger charge is -2.09. The Morgan fingerprint density at radius 2 is 1.31 bits per heavy atom. The average molecular weight is 355 g/mol. The molecule has 0 radical (unpaired) electrons. The van der Waals surface area contributed by atoms with E-state index in [4.69, 9.17) is 4.74 Å². The Hall–Kier alpha value is -3.35. The van der Waals surface area contributed by atoms with Gasteiger partial charge < -0.3 is 10.1 Å². The molecule has 3 N–H and O–H groups in total. The molecule has 2 aromatic rings. The molecule has 0 heterocycles. The van der Waals surface area contributed by atoms with Gasteiger partial charge in [0, 0.05) is 23.2 Å². The number of anilines is 1. The lowest BCUT2D eigenvalue weighted by Crippen LogP contribution is -2.41. The van der Waals surface area contributed by atoms with Crippen LogP contribution in [-0.4, -0.2) is 24.3 Å². The van der Waals surface area contributed by atoms with Gasteiger partial charge in [0.15, 0.2) is 0 Å². The van der Waals surface area contributed by atoms with Gasteiger partial charge in [0.05, 0.1) is 6.61 Å². The fourth-order valence-corrected chi connectivity index (χ4v) is 2.08. The first kappa shape index (κ1) is 19.0. The minimum Gasteiger partial charge on any atom is -0.494 e. The van der Waals surface area contributed by atoms with Crippen molar-refractivity contribution in [3.63, 3.8) is 0 Å². The van der Waals surface area contributed by atoms with Crippen LogP contribution in [0.2, 0.25) is 0 Å². The van der Waals surface area contributed by atoms with Crippen LogP contribution in [0.15, 0.2) is 48.5 Å². The number of hydrogen-bond donors (Lipinski definition) is 3. The smallest absolute Gasteiger partial charge is 0.269 e.